The van der Waals surface area contributed by atoms with Crippen molar-refractivity contribution < 1.29 is 5.11 Å². The predicted molar refractivity (Wildman–Crippen MR) is 54.6 cm³/mol. The molecule has 70 valence electrons. The lowest BCUT2D eigenvalue weighted by molar-refractivity contribution is 0.465. The van der Waals surface area contributed by atoms with Crippen molar-refractivity contribution >= 4 is 11.6 Å². The van der Waals surface area contributed by atoms with Gasteiger partial charge in [0.25, 0.3) is 0 Å². The van der Waals surface area contributed by atoms with Crippen LogP contribution in [0.2, 0.25) is 5.02 Å². The van der Waals surface area contributed by atoms with E-state index in [1.807, 2.05) is 13.0 Å². The highest BCUT2D eigenvalue weighted by Gasteiger charge is 2.25. The molecule has 0 fully saturated rings. The molecule has 2 heteroatoms. The molecule has 0 aliphatic heterocycles. The molecule has 0 spiro atoms. The van der Waals surface area contributed by atoms with Crippen molar-refractivity contribution in [3.63, 3.8) is 0 Å². The zero-order valence-corrected chi connectivity index (χ0v) is 8.65. The smallest absolute Gasteiger partial charge is 0.122 e. The largest absolute Gasteiger partial charge is 0.507 e. The summed E-state index contributed by atoms with van der Waals surface area (Å²) < 4.78 is 0. The van der Waals surface area contributed by atoms with E-state index in [2.05, 4.69) is 6.92 Å². The molecular weight excluding hydrogens is 184 g/mol. The Morgan fingerprint density at radius 2 is 2.23 bits per heavy atom. The van der Waals surface area contributed by atoms with Gasteiger partial charge in [-0.2, -0.15) is 0 Å². The van der Waals surface area contributed by atoms with Gasteiger partial charge < -0.3 is 5.11 Å². The Hall–Kier alpha value is -0.690. The lowest BCUT2D eigenvalue weighted by atomic mass is 10.0. The molecule has 1 nitrogen and oxygen atoms in total. The molecule has 0 radical (unpaired) electrons. The molecule has 2 rings (SSSR count). The standard InChI is InChI=1S/C11H13ClO/c1-6-3-4-8-10(6)9(12)5-7(2)11(8)13/h5-6,13H,3-4H2,1-2H3. The van der Waals surface area contributed by atoms with Crippen LogP contribution in [0.4, 0.5) is 0 Å². The number of rotatable bonds is 0. The Balaban J connectivity index is 2.69. The van der Waals surface area contributed by atoms with Gasteiger partial charge in [-0.1, -0.05) is 18.5 Å². The monoisotopic (exact) mass is 196 g/mol. The number of halogens is 1. The Morgan fingerprint density at radius 3 is 2.92 bits per heavy atom. The second-order valence-electron chi connectivity index (χ2n) is 3.86. The predicted octanol–water partition coefficient (Wildman–Crippen LogP) is 3.40. The minimum atomic E-state index is 0.448. The van der Waals surface area contributed by atoms with Gasteiger partial charge in [0, 0.05) is 5.02 Å². The van der Waals surface area contributed by atoms with Gasteiger partial charge in [-0.05, 0) is 48.4 Å². The molecule has 0 saturated carbocycles. The third-order valence-electron chi connectivity index (χ3n) is 2.91. The lowest BCUT2D eigenvalue weighted by Crippen LogP contribution is -1.90. The minimum absolute atomic E-state index is 0.448. The highest BCUT2D eigenvalue weighted by atomic mass is 35.5. The molecule has 1 aromatic carbocycles. The molecule has 0 bridgehead atoms. The van der Waals surface area contributed by atoms with E-state index in [9.17, 15) is 5.11 Å². The van der Waals surface area contributed by atoms with Gasteiger partial charge in [0.1, 0.15) is 5.75 Å². The van der Waals surface area contributed by atoms with Crippen LogP contribution in [-0.2, 0) is 6.42 Å². The van der Waals surface area contributed by atoms with Crippen molar-refractivity contribution in [3.8, 4) is 5.75 Å². The van der Waals surface area contributed by atoms with Crippen LogP contribution in [0.5, 0.6) is 5.75 Å². The van der Waals surface area contributed by atoms with Crippen LogP contribution < -0.4 is 0 Å². The van der Waals surface area contributed by atoms with Crippen molar-refractivity contribution in [2.75, 3.05) is 0 Å². The maximum absolute atomic E-state index is 9.80. The molecule has 1 N–H and O–H groups in total. The number of benzene rings is 1. The van der Waals surface area contributed by atoms with Gasteiger partial charge in [0.05, 0.1) is 0 Å². The van der Waals surface area contributed by atoms with E-state index in [4.69, 9.17) is 11.6 Å². The Bertz CT molecular complexity index is 358. The van der Waals surface area contributed by atoms with E-state index in [-0.39, 0.29) is 0 Å². The topological polar surface area (TPSA) is 20.2 Å². The zero-order valence-electron chi connectivity index (χ0n) is 7.89. The van der Waals surface area contributed by atoms with E-state index in [0.717, 1.165) is 34.6 Å². The summed E-state index contributed by atoms with van der Waals surface area (Å²) in [5.74, 6) is 0.942. The van der Waals surface area contributed by atoms with E-state index >= 15 is 0 Å². The highest BCUT2D eigenvalue weighted by Crippen LogP contribution is 2.43. The zero-order chi connectivity index (χ0) is 9.59. The van der Waals surface area contributed by atoms with Crippen LogP contribution in [0, 0.1) is 6.92 Å². The van der Waals surface area contributed by atoms with E-state index < -0.39 is 0 Å². The fourth-order valence-electron chi connectivity index (χ4n) is 2.14. The van der Waals surface area contributed by atoms with Crippen molar-refractivity contribution in [1.29, 1.82) is 0 Å². The molecule has 0 amide bonds. The SMILES string of the molecule is Cc1cc(Cl)c2c(c1O)CCC2C. The molecule has 1 aliphatic rings. The van der Waals surface area contributed by atoms with Crippen LogP contribution >= 0.6 is 11.6 Å². The Kier molecular flexibility index (Phi) is 1.99. The lowest BCUT2D eigenvalue weighted by Gasteiger charge is -2.10. The number of fused-ring (bicyclic) bond motifs is 1. The summed E-state index contributed by atoms with van der Waals surface area (Å²) in [5.41, 5.74) is 3.11. The van der Waals surface area contributed by atoms with Gasteiger partial charge in [-0.3, -0.25) is 0 Å². The third-order valence-corrected chi connectivity index (χ3v) is 3.22. The maximum atomic E-state index is 9.80. The second kappa shape index (κ2) is 2.91. The normalized spacial score (nSPS) is 20.4. The van der Waals surface area contributed by atoms with Crippen LogP contribution in [0.15, 0.2) is 6.07 Å². The molecule has 0 saturated heterocycles. The van der Waals surface area contributed by atoms with Gasteiger partial charge in [-0.25, -0.2) is 0 Å². The quantitative estimate of drug-likeness (QED) is 0.675. The van der Waals surface area contributed by atoms with Crippen molar-refractivity contribution in [2.24, 2.45) is 0 Å². The first-order valence-electron chi connectivity index (χ1n) is 4.62. The number of phenols is 1. The summed E-state index contributed by atoms with van der Waals surface area (Å²) in [7, 11) is 0. The van der Waals surface area contributed by atoms with Gasteiger partial charge in [-0.15, -0.1) is 0 Å². The number of aryl methyl sites for hydroxylation is 1. The fourth-order valence-corrected chi connectivity index (χ4v) is 2.60. The van der Waals surface area contributed by atoms with Gasteiger partial charge in [0.2, 0.25) is 0 Å². The minimum Gasteiger partial charge on any atom is -0.507 e. The average Bonchev–Trinajstić information content (AvgIpc) is 2.44. The molecule has 0 aromatic heterocycles. The van der Waals surface area contributed by atoms with Crippen LogP contribution in [0.3, 0.4) is 0 Å². The molecule has 1 atom stereocenters. The molecule has 13 heavy (non-hydrogen) atoms. The van der Waals surface area contributed by atoms with Crippen molar-refractivity contribution in [3.05, 3.63) is 27.8 Å². The highest BCUT2D eigenvalue weighted by molar-refractivity contribution is 6.31. The fraction of sp³-hybridized carbons (Fsp3) is 0.455. The maximum Gasteiger partial charge on any atom is 0.122 e. The van der Waals surface area contributed by atoms with E-state index in [1.165, 1.54) is 0 Å². The Labute approximate surface area is 83.3 Å². The van der Waals surface area contributed by atoms with Crippen molar-refractivity contribution in [2.45, 2.75) is 32.6 Å². The van der Waals surface area contributed by atoms with Gasteiger partial charge >= 0.3 is 0 Å². The number of hydrogen-bond acceptors (Lipinski definition) is 1. The first kappa shape index (κ1) is 8.89. The van der Waals surface area contributed by atoms with Crippen LogP contribution in [0.25, 0.3) is 0 Å². The molecule has 1 aliphatic carbocycles. The number of phenolic OH excluding ortho intramolecular Hbond substituents is 1. The van der Waals surface area contributed by atoms with Crippen LogP contribution in [-0.4, -0.2) is 5.11 Å². The Morgan fingerprint density at radius 1 is 1.54 bits per heavy atom. The first-order chi connectivity index (χ1) is 6.11. The molecule has 1 aromatic rings. The van der Waals surface area contributed by atoms with E-state index in [0.29, 0.717) is 11.7 Å². The average molecular weight is 197 g/mol. The molecular formula is C11H13ClO. The summed E-state index contributed by atoms with van der Waals surface area (Å²) in [5, 5.41) is 10.6. The summed E-state index contributed by atoms with van der Waals surface area (Å²) >= 11 is 6.13. The summed E-state index contributed by atoms with van der Waals surface area (Å²) in [6.07, 6.45) is 2.07. The molecule has 1 unspecified atom stereocenters. The second-order valence-corrected chi connectivity index (χ2v) is 4.26. The number of aromatic hydroxyl groups is 1. The first-order valence-corrected chi connectivity index (χ1v) is 5.00. The van der Waals surface area contributed by atoms with Crippen molar-refractivity contribution in [1.82, 2.24) is 0 Å². The number of hydrogen-bond donors (Lipinski definition) is 1. The summed E-state index contributed by atoms with van der Waals surface area (Å²) in [6, 6.07) is 1.86. The van der Waals surface area contributed by atoms with Crippen LogP contribution in [0.1, 0.15) is 36.0 Å². The molecule has 0 heterocycles. The van der Waals surface area contributed by atoms with E-state index in [1.54, 1.807) is 0 Å². The summed E-state index contributed by atoms with van der Waals surface area (Å²) in [6.45, 7) is 4.05. The van der Waals surface area contributed by atoms with Gasteiger partial charge in [0.15, 0.2) is 0 Å². The third kappa shape index (κ3) is 1.22. The summed E-state index contributed by atoms with van der Waals surface area (Å²) in [4.78, 5) is 0.